The van der Waals surface area contributed by atoms with Crippen LogP contribution in [0.1, 0.15) is 30.2 Å². The summed E-state index contributed by atoms with van der Waals surface area (Å²) in [5.41, 5.74) is 3.34. The summed E-state index contributed by atoms with van der Waals surface area (Å²) in [6.07, 6.45) is 1.08. The van der Waals surface area contributed by atoms with Gasteiger partial charge in [-0.05, 0) is 36.2 Å². The van der Waals surface area contributed by atoms with E-state index in [0.29, 0.717) is 13.0 Å². The van der Waals surface area contributed by atoms with Crippen molar-refractivity contribution in [3.63, 3.8) is 0 Å². The van der Waals surface area contributed by atoms with Gasteiger partial charge in [0.15, 0.2) is 5.54 Å². The number of anilines is 1. The van der Waals surface area contributed by atoms with E-state index in [1.807, 2.05) is 43.3 Å². The molecule has 3 aromatic rings. The minimum Gasteiger partial charge on any atom is -0.355 e. The number of halogens is 1. The fraction of sp³-hybridized carbons (Fsp3) is 0.238. The highest BCUT2D eigenvalue weighted by Gasteiger charge is 2.57. The number of nitrogens with one attached hydrogen (secondary N) is 2. The molecule has 27 heavy (non-hydrogen) atoms. The van der Waals surface area contributed by atoms with Crippen molar-refractivity contribution in [3.05, 3.63) is 63.8 Å². The lowest BCUT2D eigenvalue weighted by Crippen LogP contribution is -2.57. The van der Waals surface area contributed by atoms with Crippen molar-refractivity contribution >= 4 is 44.3 Å². The molecule has 0 saturated carbocycles. The van der Waals surface area contributed by atoms with Crippen molar-refractivity contribution in [2.24, 2.45) is 0 Å². The number of fused-ring (bicyclic) bond motifs is 6. The van der Waals surface area contributed by atoms with E-state index in [2.05, 4.69) is 32.3 Å². The lowest BCUT2D eigenvalue weighted by atomic mass is 9.79. The van der Waals surface area contributed by atoms with Gasteiger partial charge in [-0.3, -0.25) is 9.59 Å². The number of benzene rings is 2. The summed E-state index contributed by atoms with van der Waals surface area (Å²) in [5, 5.41) is 4.12. The molecule has 0 saturated heterocycles. The van der Waals surface area contributed by atoms with E-state index < -0.39 is 5.54 Å². The van der Waals surface area contributed by atoms with Crippen LogP contribution in [-0.4, -0.2) is 28.2 Å². The predicted octanol–water partition coefficient (Wildman–Crippen LogP) is 3.92. The molecule has 1 atom stereocenters. The number of amides is 2. The van der Waals surface area contributed by atoms with Gasteiger partial charge < -0.3 is 15.2 Å². The van der Waals surface area contributed by atoms with E-state index in [9.17, 15) is 9.59 Å². The third-order valence-corrected chi connectivity index (χ3v) is 6.21. The molecule has 3 heterocycles. The van der Waals surface area contributed by atoms with Gasteiger partial charge in [-0.1, -0.05) is 41.1 Å². The first kappa shape index (κ1) is 16.6. The van der Waals surface area contributed by atoms with Gasteiger partial charge in [-0.15, -0.1) is 0 Å². The van der Waals surface area contributed by atoms with Crippen LogP contribution in [0.5, 0.6) is 0 Å². The SMILES string of the molecule is CCC(=O)N1CCc2c([nH]c3ccccc23)[C@]12C(=O)Nc1ccc(Br)cc12. The number of aromatic nitrogens is 1. The smallest absolute Gasteiger partial charge is 0.261 e. The minimum atomic E-state index is -1.15. The van der Waals surface area contributed by atoms with Crippen LogP contribution >= 0.6 is 15.9 Å². The summed E-state index contributed by atoms with van der Waals surface area (Å²) >= 11 is 3.53. The Kier molecular flexibility index (Phi) is 3.49. The molecule has 0 aliphatic carbocycles. The monoisotopic (exact) mass is 423 g/mol. The highest BCUT2D eigenvalue weighted by molar-refractivity contribution is 9.10. The van der Waals surface area contributed by atoms with Gasteiger partial charge in [0, 0.05) is 39.6 Å². The Bertz CT molecular complexity index is 1120. The molecule has 1 spiro atoms. The molecule has 136 valence electrons. The molecule has 5 rings (SSSR count). The molecule has 2 aliphatic rings. The first-order chi connectivity index (χ1) is 13.1. The molecule has 0 unspecified atom stereocenters. The summed E-state index contributed by atoms with van der Waals surface area (Å²) in [7, 11) is 0. The number of rotatable bonds is 1. The lowest BCUT2D eigenvalue weighted by Gasteiger charge is -2.43. The lowest BCUT2D eigenvalue weighted by molar-refractivity contribution is -0.143. The highest BCUT2D eigenvalue weighted by Crippen LogP contribution is 2.50. The highest BCUT2D eigenvalue weighted by atomic mass is 79.9. The Hall–Kier alpha value is -2.60. The Morgan fingerprint density at radius 2 is 2.07 bits per heavy atom. The molecule has 1 aromatic heterocycles. The zero-order valence-corrected chi connectivity index (χ0v) is 16.4. The topological polar surface area (TPSA) is 65.2 Å². The Labute approximate surface area is 164 Å². The van der Waals surface area contributed by atoms with E-state index in [1.165, 1.54) is 0 Å². The van der Waals surface area contributed by atoms with Gasteiger partial charge in [0.25, 0.3) is 5.91 Å². The normalized spacial score (nSPS) is 20.7. The molecular formula is C21H18BrN3O2. The fourth-order valence-corrected chi connectivity index (χ4v) is 4.93. The van der Waals surface area contributed by atoms with Gasteiger partial charge in [-0.2, -0.15) is 0 Å². The van der Waals surface area contributed by atoms with Gasteiger partial charge in [0.2, 0.25) is 5.91 Å². The van der Waals surface area contributed by atoms with Crippen molar-refractivity contribution in [3.8, 4) is 0 Å². The number of nitrogens with zero attached hydrogens (tertiary/aromatic N) is 1. The number of carbonyl (C=O) groups excluding carboxylic acids is 2. The number of carbonyl (C=O) groups is 2. The fourth-order valence-electron chi connectivity index (χ4n) is 4.57. The number of para-hydroxylation sites is 1. The molecule has 2 aliphatic heterocycles. The average molecular weight is 424 g/mol. The molecule has 0 radical (unpaired) electrons. The molecular weight excluding hydrogens is 406 g/mol. The van der Waals surface area contributed by atoms with Crippen molar-refractivity contribution in [2.75, 3.05) is 11.9 Å². The summed E-state index contributed by atoms with van der Waals surface area (Å²) < 4.78 is 0.879. The van der Waals surface area contributed by atoms with Crippen LogP contribution in [0, 0.1) is 0 Å². The first-order valence-corrected chi connectivity index (χ1v) is 9.88. The van der Waals surface area contributed by atoms with E-state index in [-0.39, 0.29) is 11.8 Å². The van der Waals surface area contributed by atoms with Crippen LogP contribution < -0.4 is 5.32 Å². The van der Waals surface area contributed by atoms with Crippen LogP contribution in [0.15, 0.2) is 46.9 Å². The number of aromatic amines is 1. The summed E-state index contributed by atoms with van der Waals surface area (Å²) in [6.45, 7) is 2.35. The van der Waals surface area contributed by atoms with Gasteiger partial charge in [-0.25, -0.2) is 0 Å². The molecule has 0 bridgehead atoms. The van der Waals surface area contributed by atoms with Crippen LogP contribution in [0.3, 0.4) is 0 Å². The second-order valence-electron chi connectivity index (χ2n) is 7.03. The number of hydrogen-bond acceptors (Lipinski definition) is 2. The average Bonchev–Trinajstić information content (AvgIpc) is 3.19. The van der Waals surface area contributed by atoms with Crippen molar-refractivity contribution in [1.29, 1.82) is 0 Å². The maximum absolute atomic E-state index is 13.4. The van der Waals surface area contributed by atoms with Crippen LogP contribution in [0.4, 0.5) is 5.69 Å². The summed E-state index contributed by atoms with van der Waals surface area (Å²) in [5.74, 6) is -0.202. The third kappa shape index (κ3) is 2.04. The quantitative estimate of drug-likeness (QED) is 0.622. The molecule has 2 amide bonds. The van der Waals surface area contributed by atoms with Crippen LogP contribution in [-0.2, 0) is 21.5 Å². The second-order valence-corrected chi connectivity index (χ2v) is 7.94. The van der Waals surface area contributed by atoms with Crippen LogP contribution in [0.2, 0.25) is 0 Å². The molecule has 6 heteroatoms. The Morgan fingerprint density at radius 1 is 1.26 bits per heavy atom. The Morgan fingerprint density at radius 3 is 2.89 bits per heavy atom. The van der Waals surface area contributed by atoms with E-state index >= 15 is 0 Å². The third-order valence-electron chi connectivity index (χ3n) is 5.72. The largest absolute Gasteiger partial charge is 0.355 e. The molecule has 5 nitrogen and oxygen atoms in total. The van der Waals surface area contributed by atoms with Crippen molar-refractivity contribution < 1.29 is 9.59 Å². The molecule has 2 N–H and O–H groups in total. The maximum Gasteiger partial charge on any atom is 0.261 e. The predicted molar refractivity (Wildman–Crippen MR) is 108 cm³/mol. The number of H-pyrrole nitrogens is 1. The van der Waals surface area contributed by atoms with Crippen molar-refractivity contribution in [1.82, 2.24) is 9.88 Å². The standard InChI is InChI=1S/C21H18BrN3O2/c1-2-18(26)25-10-9-14-13-5-3-4-6-16(13)23-19(14)21(25)15-11-12(22)7-8-17(15)24-20(21)27/h3-8,11,23H,2,9-10H2,1H3,(H,24,27)/t21-/m1/s1. The van der Waals surface area contributed by atoms with Gasteiger partial charge in [0.05, 0.1) is 5.69 Å². The van der Waals surface area contributed by atoms with E-state index in [4.69, 9.17) is 0 Å². The summed E-state index contributed by atoms with van der Waals surface area (Å²) in [6, 6.07) is 13.8. The van der Waals surface area contributed by atoms with E-state index in [1.54, 1.807) is 4.90 Å². The maximum atomic E-state index is 13.4. The first-order valence-electron chi connectivity index (χ1n) is 9.09. The molecule has 0 fully saturated rings. The molecule has 2 aromatic carbocycles. The minimum absolute atomic E-state index is 0.0257. The van der Waals surface area contributed by atoms with Gasteiger partial charge in [0.1, 0.15) is 0 Å². The van der Waals surface area contributed by atoms with E-state index in [0.717, 1.165) is 44.3 Å². The zero-order chi connectivity index (χ0) is 18.8. The Balaban J connectivity index is 1.89. The van der Waals surface area contributed by atoms with Crippen LogP contribution in [0.25, 0.3) is 10.9 Å². The number of hydrogen-bond donors (Lipinski definition) is 2. The summed E-state index contributed by atoms with van der Waals surface area (Å²) in [4.78, 5) is 31.6. The second kappa shape index (κ2) is 5.70. The zero-order valence-electron chi connectivity index (χ0n) is 14.8. The van der Waals surface area contributed by atoms with Crippen molar-refractivity contribution in [2.45, 2.75) is 25.3 Å². The van der Waals surface area contributed by atoms with Gasteiger partial charge >= 0.3 is 0 Å².